The maximum atomic E-state index is 5.44. The Hall–Kier alpha value is -0.490. The Morgan fingerprint density at radius 3 is 2.68 bits per heavy atom. The molecule has 1 saturated carbocycles. The molecule has 1 aromatic rings. The molecule has 19 heavy (non-hydrogen) atoms. The fraction of sp³-hybridized carbons (Fsp3) is 0.786. The maximum Gasteiger partial charge on any atom is 0.113 e. The van der Waals surface area contributed by atoms with Gasteiger partial charge in [-0.1, -0.05) is 6.92 Å². The summed E-state index contributed by atoms with van der Waals surface area (Å²) in [6.07, 6.45) is 3.36. The molecule has 0 aromatic carbocycles. The summed E-state index contributed by atoms with van der Waals surface area (Å²) < 4.78 is 10.6. The van der Waals surface area contributed by atoms with E-state index in [0.717, 1.165) is 32.4 Å². The monoisotopic (exact) mass is 284 g/mol. The standard InChI is InChI=1S/C14H24N2O2S/c1-5-12-10(2)19-13(16-12)14(15-6-7-17-3)8-11(9-14)18-4/h11,15H,5-9H2,1-4H3. The van der Waals surface area contributed by atoms with Crippen LogP contribution in [-0.2, 0) is 21.4 Å². The van der Waals surface area contributed by atoms with Crippen LogP contribution in [0.5, 0.6) is 0 Å². The van der Waals surface area contributed by atoms with Crippen LogP contribution in [0.15, 0.2) is 0 Å². The predicted octanol–water partition coefficient (Wildman–Crippen LogP) is 2.25. The van der Waals surface area contributed by atoms with E-state index in [9.17, 15) is 0 Å². The van der Waals surface area contributed by atoms with Crippen molar-refractivity contribution in [2.45, 2.75) is 44.8 Å². The van der Waals surface area contributed by atoms with Crippen molar-refractivity contribution in [1.82, 2.24) is 10.3 Å². The number of ether oxygens (including phenoxy) is 2. The van der Waals surface area contributed by atoms with Gasteiger partial charge in [0, 0.05) is 25.6 Å². The minimum absolute atomic E-state index is 0.00204. The van der Waals surface area contributed by atoms with Crippen molar-refractivity contribution < 1.29 is 9.47 Å². The van der Waals surface area contributed by atoms with Crippen molar-refractivity contribution in [2.24, 2.45) is 0 Å². The topological polar surface area (TPSA) is 43.4 Å². The third kappa shape index (κ3) is 2.99. The minimum atomic E-state index is 0.00204. The molecule has 1 aliphatic rings. The number of hydrogen-bond donors (Lipinski definition) is 1. The molecule has 1 fully saturated rings. The van der Waals surface area contributed by atoms with Crippen molar-refractivity contribution in [3.63, 3.8) is 0 Å². The van der Waals surface area contributed by atoms with Gasteiger partial charge < -0.3 is 14.8 Å². The molecule has 0 aliphatic heterocycles. The molecule has 1 N–H and O–H groups in total. The van der Waals surface area contributed by atoms with Crippen molar-refractivity contribution >= 4 is 11.3 Å². The molecule has 0 saturated heterocycles. The number of aryl methyl sites for hydroxylation is 2. The van der Waals surface area contributed by atoms with Crippen molar-refractivity contribution in [3.05, 3.63) is 15.6 Å². The molecule has 2 rings (SSSR count). The largest absolute Gasteiger partial charge is 0.383 e. The first kappa shape index (κ1) is 14.9. The summed E-state index contributed by atoms with van der Waals surface area (Å²) in [4.78, 5) is 6.17. The second-order valence-electron chi connectivity index (χ2n) is 5.14. The number of methoxy groups -OCH3 is 2. The van der Waals surface area contributed by atoms with Gasteiger partial charge in [-0.05, 0) is 26.2 Å². The van der Waals surface area contributed by atoms with Gasteiger partial charge in [-0.25, -0.2) is 4.98 Å². The Labute approximate surface area is 119 Å². The van der Waals surface area contributed by atoms with E-state index < -0.39 is 0 Å². The Morgan fingerprint density at radius 2 is 2.16 bits per heavy atom. The highest BCUT2D eigenvalue weighted by Crippen LogP contribution is 2.44. The molecule has 0 spiro atoms. The van der Waals surface area contributed by atoms with E-state index in [4.69, 9.17) is 14.5 Å². The van der Waals surface area contributed by atoms with Crippen LogP contribution < -0.4 is 5.32 Å². The van der Waals surface area contributed by atoms with Crippen LogP contribution in [0.2, 0.25) is 0 Å². The van der Waals surface area contributed by atoms with E-state index in [1.165, 1.54) is 15.6 Å². The van der Waals surface area contributed by atoms with E-state index in [-0.39, 0.29) is 5.54 Å². The van der Waals surface area contributed by atoms with Gasteiger partial charge in [0.15, 0.2) is 0 Å². The SMILES string of the molecule is CCc1nc(C2(NCCOC)CC(OC)C2)sc1C. The Kier molecular flexibility index (Phi) is 4.95. The lowest BCUT2D eigenvalue weighted by molar-refractivity contribution is -0.0350. The number of nitrogens with one attached hydrogen (secondary N) is 1. The van der Waals surface area contributed by atoms with Gasteiger partial charge in [0.1, 0.15) is 5.01 Å². The lowest BCUT2D eigenvalue weighted by Crippen LogP contribution is -2.56. The molecule has 0 radical (unpaired) electrons. The van der Waals surface area contributed by atoms with Gasteiger partial charge in [0.05, 0.1) is 23.9 Å². The molecular weight excluding hydrogens is 260 g/mol. The molecule has 1 aromatic heterocycles. The third-order valence-electron chi connectivity index (χ3n) is 3.89. The highest BCUT2D eigenvalue weighted by Gasteiger charge is 2.47. The number of hydrogen-bond acceptors (Lipinski definition) is 5. The highest BCUT2D eigenvalue weighted by molar-refractivity contribution is 7.11. The Bertz CT molecular complexity index is 414. The van der Waals surface area contributed by atoms with Crippen LogP contribution in [0.1, 0.15) is 35.3 Å². The molecule has 1 aliphatic carbocycles. The summed E-state index contributed by atoms with van der Waals surface area (Å²) in [5.74, 6) is 0. The van der Waals surface area contributed by atoms with Gasteiger partial charge in [-0.3, -0.25) is 0 Å². The fourth-order valence-electron chi connectivity index (χ4n) is 2.63. The lowest BCUT2D eigenvalue weighted by atomic mass is 9.74. The van der Waals surface area contributed by atoms with Crippen LogP contribution >= 0.6 is 11.3 Å². The first-order valence-electron chi connectivity index (χ1n) is 6.88. The number of aromatic nitrogens is 1. The summed E-state index contributed by atoms with van der Waals surface area (Å²) in [6, 6.07) is 0. The van der Waals surface area contributed by atoms with Gasteiger partial charge in [0.25, 0.3) is 0 Å². The number of thiazole rings is 1. The zero-order valence-corrected chi connectivity index (χ0v) is 13.1. The van der Waals surface area contributed by atoms with Crippen LogP contribution in [0.4, 0.5) is 0 Å². The summed E-state index contributed by atoms with van der Waals surface area (Å²) in [5, 5.41) is 4.84. The number of nitrogens with zero attached hydrogens (tertiary/aromatic N) is 1. The van der Waals surface area contributed by atoms with Gasteiger partial charge >= 0.3 is 0 Å². The smallest absolute Gasteiger partial charge is 0.113 e. The molecule has 0 amide bonds. The summed E-state index contributed by atoms with van der Waals surface area (Å²) in [6.45, 7) is 5.91. The van der Waals surface area contributed by atoms with Crippen LogP contribution in [0, 0.1) is 6.92 Å². The molecule has 0 unspecified atom stereocenters. The quantitative estimate of drug-likeness (QED) is 0.780. The number of rotatable bonds is 7. The van der Waals surface area contributed by atoms with E-state index >= 15 is 0 Å². The molecule has 5 heteroatoms. The molecule has 108 valence electrons. The second kappa shape index (κ2) is 6.31. The van der Waals surface area contributed by atoms with Crippen molar-refractivity contribution in [2.75, 3.05) is 27.4 Å². The second-order valence-corrected chi connectivity index (χ2v) is 6.35. The summed E-state index contributed by atoms with van der Waals surface area (Å²) in [7, 11) is 3.52. The molecule has 1 heterocycles. The Morgan fingerprint density at radius 1 is 1.42 bits per heavy atom. The van der Waals surface area contributed by atoms with Gasteiger partial charge in [0.2, 0.25) is 0 Å². The van der Waals surface area contributed by atoms with Crippen molar-refractivity contribution in [1.29, 1.82) is 0 Å². The fourth-order valence-corrected chi connectivity index (χ4v) is 3.82. The molecular formula is C14H24N2O2S. The molecule has 0 bridgehead atoms. The first-order chi connectivity index (χ1) is 9.15. The normalized spacial score (nSPS) is 26.4. The predicted molar refractivity (Wildman–Crippen MR) is 77.8 cm³/mol. The lowest BCUT2D eigenvalue weighted by Gasteiger charge is -2.46. The van der Waals surface area contributed by atoms with E-state index in [1.807, 2.05) is 11.3 Å². The Balaban J connectivity index is 2.13. The van der Waals surface area contributed by atoms with E-state index in [2.05, 4.69) is 19.2 Å². The van der Waals surface area contributed by atoms with Crippen LogP contribution in [-0.4, -0.2) is 38.5 Å². The summed E-state index contributed by atoms with van der Waals surface area (Å²) >= 11 is 1.82. The zero-order chi connectivity index (χ0) is 13.9. The van der Waals surface area contributed by atoms with E-state index in [1.54, 1.807) is 14.2 Å². The average molecular weight is 284 g/mol. The summed E-state index contributed by atoms with van der Waals surface area (Å²) in [5.41, 5.74) is 1.23. The maximum absolute atomic E-state index is 5.44. The van der Waals surface area contributed by atoms with Crippen LogP contribution in [0.3, 0.4) is 0 Å². The zero-order valence-electron chi connectivity index (χ0n) is 12.3. The first-order valence-corrected chi connectivity index (χ1v) is 7.70. The van der Waals surface area contributed by atoms with Gasteiger partial charge in [-0.15, -0.1) is 11.3 Å². The minimum Gasteiger partial charge on any atom is -0.383 e. The third-order valence-corrected chi connectivity index (χ3v) is 5.11. The molecule has 4 nitrogen and oxygen atoms in total. The van der Waals surface area contributed by atoms with Crippen LogP contribution in [0.25, 0.3) is 0 Å². The van der Waals surface area contributed by atoms with Gasteiger partial charge in [-0.2, -0.15) is 0 Å². The average Bonchev–Trinajstić information content (AvgIpc) is 2.74. The highest BCUT2D eigenvalue weighted by atomic mass is 32.1. The molecule has 0 atom stereocenters. The van der Waals surface area contributed by atoms with E-state index in [0.29, 0.717) is 6.10 Å². The van der Waals surface area contributed by atoms with Crippen molar-refractivity contribution in [3.8, 4) is 0 Å².